The molecule has 0 unspecified atom stereocenters. The summed E-state index contributed by atoms with van der Waals surface area (Å²) in [5.74, 6) is -5.10. The predicted molar refractivity (Wildman–Crippen MR) is 145 cm³/mol. The summed E-state index contributed by atoms with van der Waals surface area (Å²) < 4.78 is 41.5. The number of rotatable bonds is 6. The number of hydrogen-bond acceptors (Lipinski definition) is 5. The van der Waals surface area contributed by atoms with E-state index in [-0.39, 0.29) is 81.3 Å². The van der Waals surface area contributed by atoms with Crippen molar-refractivity contribution >= 4 is 29.5 Å². The van der Waals surface area contributed by atoms with Gasteiger partial charge < -0.3 is 24.9 Å². The van der Waals surface area contributed by atoms with Crippen LogP contribution in [0.2, 0.25) is 0 Å². The van der Waals surface area contributed by atoms with E-state index < -0.39 is 48.9 Å². The molecular formula is C29H42F3N5O5. The Morgan fingerprint density at radius 1 is 0.952 bits per heavy atom. The van der Waals surface area contributed by atoms with Gasteiger partial charge in [0, 0.05) is 64.8 Å². The van der Waals surface area contributed by atoms with E-state index in [1.54, 1.807) is 4.90 Å². The van der Waals surface area contributed by atoms with Crippen molar-refractivity contribution in [3.05, 3.63) is 0 Å². The minimum atomic E-state index is -2.67. The van der Waals surface area contributed by atoms with Crippen LogP contribution >= 0.6 is 0 Å². The molecule has 1 saturated carbocycles. The summed E-state index contributed by atoms with van der Waals surface area (Å²) in [6, 6.07) is -0.968. The molecule has 5 rings (SSSR count). The Morgan fingerprint density at radius 3 is 2.38 bits per heavy atom. The lowest BCUT2D eigenvalue weighted by molar-refractivity contribution is -0.146. The maximum absolute atomic E-state index is 14.5. The molecule has 0 aromatic rings. The van der Waals surface area contributed by atoms with Gasteiger partial charge in [-0.25, -0.2) is 13.2 Å². The maximum atomic E-state index is 14.5. The van der Waals surface area contributed by atoms with Crippen LogP contribution in [0, 0.1) is 17.8 Å². The lowest BCUT2D eigenvalue weighted by atomic mass is 9.80. The maximum Gasteiger partial charge on any atom is 0.248 e. The molecule has 0 aromatic carbocycles. The highest BCUT2D eigenvalue weighted by Gasteiger charge is 2.45. The van der Waals surface area contributed by atoms with Crippen LogP contribution in [0.1, 0.15) is 64.2 Å². The van der Waals surface area contributed by atoms with Gasteiger partial charge in [0.2, 0.25) is 35.5 Å². The van der Waals surface area contributed by atoms with Crippen molar-refractivity contribution in [3.8, 4) is 0 Å². The Balaban J connectivity index is 1.29. The second-order valence-electron chi connectivity index (χ2n) is 12.8. The monoisotopic (exact) mass is 597 g/mol. The Labute approximate surface area is 244 Å². The lowest BCUT2D eigenvalue weighted by Gasteiger charge is -2.40. The van der Waals surface area contributed by atoms with Crippen molar-refractivity contribution < 1.29 is 37.1 Å². The van der Waals surface area contributed by atoms with Gasteiger partial charge in [0.15, 0.2) is 0 Å². The molecule has 10 nitrogen and oxygen atoms in total. The van der Waals surface area contributed by atoms with Crippen LogP contribution in [0.4, 0.5) is 13.2 Å². The molecule has 234 valence electrons. The number of nitrogens with one attached hydrogen (secondary N) is 1. The van der Waals surface area contributed by atoms with Crippen molar-refractivity contribution in [1.29, 1.82) is 0 Å². The molecule has 1 aliphatic carbocycles. The second-order valence-corrected chi connectivity index (χ2v) is 12.8. The van der Waals surface area contributed by atoms with Gasteiger partial charge in [-0.1, -0.05) is 0 Å². The van der Waals surface area contributed by atoms with Crippen LogP contribution < -0.4 is 5.32 Å². The first-order chi connectivity index (χ1) is 20.0. The number of piperidine rings is 1. The third kappa shape index (κ3) is 7.19. The minimum absolute atomic E-state index is 0.0314. The zero-order chi connectivity index (χ0) is 30.0. The van der Waals surface area contributed by atoms with Crippen molar-refractivity contribution in [3.63, 3.8) is 0 Å². The zero-order valence-electron chi connectivity index (χ0n) is 24.1. The van der Waals surface area contributed by atoms with E-state index in [1.165, 1.54) is 4.90 Å². The second kappa shape index (κ2) is 12.8. The van der Waals surface area contributed by atoms with Gasteiger partial charge in [-0.05, 0) is 49.9 Å². The quantitative estimate of drug-likeness (QED) is 0.500. The smallest absolute Gasteiger partial charge is 0.248 e. The average molecular weight is 598 g/mol. The molecule has 4 aliphatic heterocycles. The standard InChI is InChI=1S/C29H42F3N5O5/c30-22-13-23-28(42)35-10-5-20(11-25(39)34-8-1-2-9-34)21(15-35)12-26(40)36(18-27(41)37(23)16-22)17-24(38)33-14-19-3-6-29(31,32)7-4-19/h19-23H,1-18H2,(H,33,38)/t20-,21-,22-,23-/m0/s1. The Morgan fingerprint density at radius 2 is 1.67 bits per heavy atom. The van der Waals surface area contributed by atoms with E-state index in [0.717, 1.165) is 30.8 Å². The normalized spacial score (nSPS) is 30.8. The van der Waals surface area contributed by atoms with Crippen LogP contribution in [0.5, 0.6) is 0 Å². The summed E-state index contributed by atoms with van der Waals surface area (Å²) in [6.07, 6.45) is 1.33. The number of halogens is 3. The number of hydrogen-bond donors (Lipinski definition) is 1. The molecule has 4 heterocycles. The molecule has 5 aliphatic rings. The van der Waals surface area contributed by atoms with Crippen LogP contribution in [0.15, 0.2) is 0 Å². The molecule has 0 aromatic heterocycles. The van der Waals surface area contributed by atoms with E-state index in [0.29, 0.717) is 25.8 Å². The molecule has 2 bridgehead atoms. The summed E-state index contributed by atoms with van der Waals surface area (Å²) >= 11 is 0. The average Bonchev–Trinajstić information content (AvgIpc) is 3.62. The SMILES string of the molecule is O=C(CN1CC(=O)N2C[C@@H](F)C[C@H]2C(=O)N2CC[C@@H](CC(=O)N3CCCC3)[C@@H](CC1=O)C2)NCC1CCC(F)(F)CC1. The summed E-state index contributed by atoms with van der Waals surface area (Å²) in [7, 11) is 0. The Kier molecular flexibility index (Phi) is 9.31. The zero-order valence-corrected chi connectivity index (χ0v) is 24.1. The van der Waals surface area contributed by atoms with E-state index >= 15 is 0 Å². The van der Waals surface area contributed by atoms with Crippen LogP contribution in [-0.2, 0) is 24.0 Å². The number of likely N-dealkylation sites (tertiary alicyclic amines) is 1. The van der Waals surface area contributed by atoms with E-state index in [4.69, 9.17) is 0 Å². The van der Waals surface area contributed by atoms with Crippen LogP contribution in [0.3, 0.4) is 0 Å². The Hall–Kier alpha value is -2.86. The fraction of sp³-hybridized carbons (Fsp3) is 0.828. The van der Waals surface area contributed by atoms with Crippen molar-refractivity contribution in [2.24, 2.45) is 17.8 Å². The minimum Gasteiger partial charge on any atom is -0.354 e. The van der Waals surface area contributed by atoms with E-state index in [1.807, 2.05) is 4.90 Å². The van der Waals surface area contributed by atoms with Gasteiger partial charge in [0.05, 0.1) is 6.54 Å². The highest BCUT2D eigenvalue weighted by atomic mass is 19.3. The molecule has 4 saturated heterocycles. The summed E-state index contributed by atoms with van der Waals surface area (Å²) in [5.41, 5.74) is 0. The number of fused-ring (bicyclic) bond motifs is 3. The van der Waals surface area contributed by atoms with Gasteiger partial charge in [-0.3, -0.25) is 24.0 Å². The van der Waals surface area contributed by atoms with Crippen molar-refractivity contribution in [2.45, 2.75) is 82.3 Å². The number of carbonyl (C=O) groups is 5. The summed E-state index contributed by atoms with van der Waals surface area (Å²) in [5, 5.41) is 2.73. The largest absolute Gasteiger partial charge is 0.354 e. The Bertz CT molecular complexity index is 1060. The fourth-order valence-electron chi connectivity index (χ4n) is 7.24. The van der Waals surface area contributed by atoms with Crippen LogP contribution in [-0.4, -0.2) is 120 Å². The predicted octanol–water partition coefficient (Wildman–Crippen LogP) is 1.58. The first kappa shape index (κ1) is 30.6. The van der Waals surface area contributed by atoms with Crippen LogP contribution in [0.25, 0.3) is 0 Å². The third-order valence-electron chi connectivity index (χ3n) is 9.83. The fourth-order valence-corrected chi connectivity index (χ4v) is 7.24. The molecule has 4 atom stereocenters. The molecular weight excluding hydrogens is 555 g/mol. The molecule has 1 N–H and O–H groups in total. The van der Waals surface area contributed by atoms with Crippen molar-refractivity contribution in [2.75, 3.05) is 52.4 Å². The van der Waals surface area contributed by atoms with Gasteiger partial charge in [0.1, 0.15) is 25.3 Å². The van der Waals surface area contributed by atoms with Gasteiger partial charge >= 0.3 is 0 Å². The third-order valence-corrected chi connectivity index (χ3v) is 9.83. The topological polar surface area (TPSA) is 110 Å². The molecule has 5 amide bonds. The number of alkyl halides is 3. The van der Waals surface area contributed by atoms with Crippen molar-refractivity contribution in [1.82, 2.24) is 24.9 Å². The molecule has 0 radical (unpaired) electrons. The number of carbonyl (C=O) groups excluding carboxylic acids is 5. The summed E-state index contributed by atoms with van der Waals surface area (Å²) in [6.45, 7) is 1.11. The number of amides is 5. The lowest BCUT2D eigenvalue weighted by Crippen LogP contribution is -2.52. The van der Waals surface area contributed by atoms with Gasteiger partial charge in [-0.2, -0.15) is 0 Å². The molecule has 5 fully saturated rings. The first-order valence-corrected chi connectivity index (χ1v) is 15.4. The highest BCUT2D eigenvalue weighted by molar-refractivity contribution is 5.93. The summed E-state index contributed by atoms with van der Waals surface area (Å²) in [4.78, 5) is 72.1. The van der Waals surface area contributed by atoms with Gasteiger partial charge in [-0.15, -0.1) is 0 Å². The molecule has 13 heteroatoms. The first-order valence-electron chi connectivity index (χ1n) is 15.4. The number of nitrogens with zero attached hydrogens (tertiary/aromatic N) is 4. The van der Waals surface area contributed by atoms with E-state index in [9.17, 15) is 37.1 Å². The molecule has 42 heavy (non-hydrogen) atoms. The highest BCUT2D eigenvalue weighted by Crippen LogP contribution is 2.36. The molecule has 0 spiro atoms. The van der Waals surface area contributed by atoms with Gasteiger partial charge in [0.25, 0.3) is 0 Å². The van der Waals surface area contributed by atoms with E-state index in [2.05, 4.69) is 5.32 Å².